The molecule has 1 aromatic heterocycles. The third-order valence-electron chi connectivity index (χ3n) is 5.58. The van der Waals surface area contributed by atoms with Crippen LogP contribution in [0.4, 0.5) is 10.1 Å². The number of pyridine rings is 1. The van der Waals surface area contributed by atoms with Crippen molar-refractivity contribution in [3.05, 3.63) is 59.1 Å². The first-order valence-electron chi connectivity index (χ1n) is 10.3. The summed E-state index contributed by atoms with van der Waals surface area (Å²) in [5.74, 6) is -2.49. The topological polar surface area (TPSA) is 136 Å². The van der Waals surface area contributed by atoms with Crippen LogP contribution in [0.5, 0.6) is 0 Å². The van der Waals surface area contributed by atoms with Crippen molar-refractivity contribution in [1.82, 2.24) is 9.88 Å². The number of aromatic nitrogens is 1. The van der Waals surface area contributed by atoms with Crippen molar-refractivity contribution in [2.45, 2.75) is 24.9 Å². The molecule has 0 spiro atoms. The summed E-state index contributed by atoms with van der Waals surface area (Å²) < 4.78 is 13.3. The Balaban J connectivity index is 1.67. The Morgan fingerprint density at radius 1 is 1.25 bits per heavy atom. The van der Waals surface area contributed by atoms with Crippen LogP contribution < -0.4 is 17.2 Å². The van der Waals surface area contributed by atoms with Crippen LogP contribution in [0.15, 0.2) is 52.6 Å². The van der Waals surface area contributed by atoms with Crippen molar-refractivity contribution in [3.63, 3.8) is 0 Å². The van der Waals surface area contributed by atoms with Crippen LogP contribution in [0.25, 0.3) is 0 Å². The van der Waals surface area contributed by atoms with Gasteiger partial charge in [-0.1, -0.05) is 23.7 Å². The fourth-order valence-corrected chi connectivity index (χ4v) is 3.70. The van der Waals surface area contributed by atoms with Crippen molar-refractivity contribution in [2.24, 2.45) is 33.1 Å². The lowest BCUT2D eigenvalue weighted by molar-refractivity contribution is -0.118. The lowest BCUT2D eigenvalue weighted by Gasteiger charge is -2.38. The van der Waals surface area contributed by atoms with Gasteiger partial charge in [0.05, 0.1) is 11.2 Å². The van der Waals surface area contributed by atoms with Crippen molar-refractivity contribution < 1.29 is 9.18 Å². The molecule has 0 aliphatic carbocycles. The number of halogens is 2. The van der Waals surface area contributed by atoms with Crippen molar-refractivity contribution in [3.8, 4) is 0 Å². The summed E-state index contributed by atoms with van der Waals surface area (Å²) in [5, 5.41) is 0.713. The Hall–Kier alpha value is -2.88. The fraction of sp³-hybridized carbons (Fsp3) is 0.364. The number of carbonyl (C=O) groups is 1. The maximum atomic E-state index is 13.3. The van der Waals surface area contributed by atoms with E-state index in [0.717, 1.165) is 38.5 Å². The second-order valence-corrected chi connectivity index (χ2v) is 8.30. The van der Waals surface area contributed by atoms with Gasteiger partial charge in [-0.2, -0.15) is 4.39 Å². The normalized spacial score (nSPS) is 18.0. The van der Waals surface area contributed by atoms with Gasteiger partial charge in [-0.3, -0.25) is 14.7 Å². The van der Waals surface area contributed by atoms with Gasteiger partial charge in [0.1, 0.15) is 11.8 Å². The highest BCUT2D eigenvalue weighted by atomic mass is 35.5. The summed E-state index contributed by atoms with van der Waals surface area (Å²) in [4.78, 5) is 26.5. The van der Waals surface area contributed by atoms with E-state index in [1.54, 1.807) is 0 Å². The van der Waals surface area contributed by atoms with Crippen LogP contribution in [-0.2, 0) is 11.3 Å². The molecular formula is C22H27ClFN7O. The zero-order valence-electron chi connectivity index (χ0n) is 17.6. The number of hydrogen-bond acceptors (Lipinski definition) is 6. The Morgan fingerprint density at radius 3 is 2.53 bits per heavy atom. The molecule has 1 aliphatic rings. The highest BCUT2D eigenvalue weighted by Gasteiger charge is 2.33. The van der Waals surface area contributed by atoms with Gasteiger partial charge >= 0.3 is 0 Å². The minimum atomic E-state index is -1.03. The fourth-order valence-electron chi connectivity index (χ4n) is 3.57. The Kier molecular flexibility index (Phi) is 7.89. The standard InChI is InChI=1S/C22H27ClFN7O/c23-16-3-1-15(2-4-16)13-31-9-6-22(14-25,7-10-31)29-12-18(21(27)32)20(26)30-17-5-8-28-19(24)11-17/h1-5,8,11-12,18H,6-7,9-10,13-14,25H2,(H2,27,32)(H2,26,28,30). The van der Waals surface area contributed by atoms with Crippen LogP contribution in [0, 0.1) is 11.9 Å². The highest BCUT2D eigenvalue weighted by Crippen LogP contribution is 2.27. The lowest BCUT2D eigenvalue weighted by atomic mass is 9.87. The van der Waals surface area contributed by atoms with E-state index in [9.17, 15) is 9.18 Å². The summed E-state index contributed by atoms with van der Waals surface area (Å²) in [6, 6.07) is 10.4. The van der Waals surface area contributed by atoms with Crippen LogP contribution in [0.2, 0.25) is 5.02 Å². The average Bonchev–Trinajstić information content (AvgIpc) is 2.76. The molecule has 2 aromatic rings. The summed E-state index contributed by atoms with van der Waals surface area (Å²) in [7, 11) is 0. The number of nitrogens with zero attached hydrogens (tertiary/aromatic N) is 4. The minimum Gasteiger partial charge on any atom is -0.386 e. The predicted octanol–water partition coefficient (Wildman–Crippen LogP) is 2.03. The molecule has 1 unspecified atom stereocenters. The van der Waals surface area contributed by atoms with Crippen LogP contribution >= 0.6 is 11.6 Å². The molecule has 10 heteroatoms. The van der Waals surface area contributed by atoms with Crippen molar-refractivity contribution in [2.75, 3.05) is 19.6 Å². The third-order valence-corrected chi connectivity index (χ3v) is 5.83. The maximum absolute atomic E-state index is 13.3. The molecule has 1 aromatic carbocycles. The summed E-state index contributed by atoms with van der Waals surface area (Å²) in [6.45, 7) is 2.75. The number of carbonyl (C=O) groups excluding carboxylic acids is 1. The Labute approximate surface area is 191 Å². The SMILES string of the molecule is NCC1(N=CC(C(N)=O)C(N)=Nc2ccnc(F)c2)CCN(Cc2ccc(Cl)cc2)CC1. The average molecular weight is 460 g/mol. The number of likely N-dealkylation sites (tertiary alicyclic amines) is 1. The van der Waals surface area contributed by atoms with Crippen LogP contribution in [0.3, 0.4) is 0 Å². The van der Waals surface area contributed by atoms with Crippen LogP contribution in [-0.4, -0.2) is 53.0 Å². The number of aliphatic imine (C=N–C) groups is 2. The van der Waals surface area contributed by atoms with Gasteiger partial charge in [0, 0.05) is 49.7 Å². The van der Waals surface area contributed by atoms with Gasteiger partial charge in [-0.05, 0) is 36.6 Å². The molecule has 32 heavy (non-hydrogen) atoms. The van der Waals surface area contributed by atoms with Gasteiger partial charge in [0.25, 0.3) is 0 Å². The van der Waals surface area contributed by atoms with E-state index in [2.05, 4.69) is 19.9 Å². The molecule has 0 saturated carbocycles. The molecule has 3 rings (SSSR count). The van der Waals surface area contributed by atoms with Gasteiger partial charge in [-0.15, -0.1) is 0 Å². The van der Waals surface area contributed by atoms with Gasteiger partial charge in [0.15, 0.2) is 0 Å². The molecule has 1 aliphatic heterocycles. The molecule has 6 N–H and O–H groups in total. The Morgan fingerprint density at radius 2 is 1.94 bits per heavy atom. The molecule has 2 heterocycles. The van der Waals surface area contributed by atoms with Gasteiger partial charge in [0.2, 0.25) is 11.9 Å². The van der Waals surface area contributed by atoms with E-state index in [0.29, 0.717) is 11.6 Å². The minimum absolute atomic E-state index is 0.0702. The van der Waals surface area contributed by atoms with E-state index < -0.39 is 23.3 Å². The monoisotopic (exact) mass is 459 g/mol. The second-order valence-electron chi connectivity index (χ2n) is 7.86. The van der Waals surface area contributed by atoms with Gasteiger partial charge in [-0.25, -0.2) is 9.98 Å². The largest absolute Gasteiger partial charge is 0.386 e. The Bertz CT molecular complexity index is 988. The molecule has 1 atom stereocenters. The third kappa shape index (κ3) is 6.32. The number of primary amides is 1. The first kappa shape index (κ1) is 23.8. The van der Waals surface area contributed by atoms with E-state index in [4.69, 9.17) is 28.8 Å². The zero-order chi connectivity index (χ0) is 23.1. The second kappa shape index (κ2) is 10.6. The van der Waals surface area contributed by atoms with Crippen molar-refractivity contribution >= 4 is 35.2 Å². The predicted molar refractivity (Wildman–Crippen MR) is 124 cm³/mol. The zero-order valence-corrected chi connectivity index (χ0v) is 18.4. The van der Waals surface area contributed by atoms with Crippen LogP contribution in [0.1, 0.15) is 18.4 Å². The molecule has 1 amide bonds. The quantitative estimate of drug-likeness (QED) is 0.315. The van der Waals surface area contributed by atoms with E-state index in [1.807, 2.05) is 24.3 Å². The van der Waals surface area contributed by atoms with Crippen molar-refractivity contribution in [1.29, 1.82) is 0 Å². The summed E-state index contributed by atoms with van der Waals surface area (Å²) in [5.41, 5.74) is 18.5. The molecule has 1 fully saturated rings. The number of hydrogen-bond donors (Lipinski definition) is 3. The number of nitrogens with two attached hydrogens (primary N) is 3. The molecule has 1 saturated heterocycles. The molecule has 170 valence electrons. The number of amides is 1. The van der Waals surface area contributed by atoms with Gasteiger partial charge < -0.3 is 17.2 Å². The molecule has 0 radical (unpaired) electrons. The number of rotatable bonds is 8. The van der Waals surface area contributed by atoms with E-state index >= 15 is 0 Å². The first-order valence-corrected chi connectivity index (χ1v) is 10.7. The molecule has 8 nitrogen and oxygen atoms in total. The molecular weight excluding hydrogens is 433 g/mol. The summed E-state index contributed by atoms with van der Waals surface area (Å²) in [6.07, 6.45) is 4.13. The molecule has 0 bridgehead atoms. The number of benzene rings is 1. The highest BCUT2D eigenvalue weighted by molar-refractivity contribution is 6.30. The smallest absolute Gasteiger partial charge is 0.233 e. The number of piperidine rings is 1. The van der Waals surface area contributed by atoms with E-state index in [-0.39, 0.29) is 11.5 Å². The first-order chi connectivity index (χ1) is 15.3. The summed E-state index contributed by atoms with van der Waals surface area (Å²) >= 11 is 5.95. The maximum Gasteiger partial charge on any atom is 0.233 e. The lowest BCUT2D eigenvalue weighted by Crippen LogP contribution is -2.48. The van der Waals surface area contributed by atoms with E-state index in [1.165, 1.54) is 24.0 Å². The number of amidine groups is 1.